The van der Waals surface area contributed by atoms with Crippen LogP contribution in [0.25, 0.3) is 0 Å². The Bertz CT molecular complexity index is 408. The molecule has 0 aromatic heterocycles. The lowest BCUT2D eigenvalue weighted by atomic mass is 10.2. The topological polar surface area (TPSA) is 30.5 Å². The maximum Gasteiger partial charge on any atom is 0.573 e. The number of ether oxygens (including phenoxy) is 2. The predicted octanol–water partition coefficient (Wildman–Crippen LogP) is 3.74. The van der Waals surface area contributed by atoms with Crippen molar-refractivity contribution < 1.29 is 22.6 Å². The minimum Gasteiger partial charge on any atom is -0.485 e. The maximum atomic E-state index is 12.3. The third kappa shape index (κ3) is 6.14. The fourth-order valence-electron chi connectivity index (χ4n) is 1.57. The van der Waals surface area contributed by atoms with Crippen molar-refractivity contribution in [2.24, 2.45) is 0 Å². The van der Waals surface area contributed by atoms with Crippen LogP contribution in [-0.4, -0.2) is 25.1 Å². The van der Waals surface area contributed by atoms with Crippen molar-refractivity contribution in [2.45, 2.75) is 45.7 Å². The Kier molecular flexibility index (Phi) is 6.13. The van der Waals surface area contributed by atoms with Gasteiger partial charge in [0, 0.05) is 12.6 Å². The first-order valence-electron chi connectivity index (χ1n) is 6.56. The van der Waals surface area contributed by atoms with Crippen molar-refractivity contribution in [2.75, 3.05) is 6.54 Å². The van der Waals surface area contributed by atoms with E-state index in [1.165, 1.54) is 18.2 Å². The maximum absolute atomic E-state index is 12.3. The number of nitrogens with one attached hydrogen (secondary N) is 1. The van der Waals surface area contributed by atoms with Gasteiger partial charge >= 0.3 is 6.36 Å². The Morgan fingerprint density at radius 3 is 2.25 bits per heavy atom. The quantitative estimate of drug-likeness (QED) is 0.830. The summed E-state index contributed by atoms with van der Waals surface area (Å²) in [6.07, 6.45) is -4.26. The predicted molar refractivity (Wildman–Crippen MR) is 71.0 cm³/mol. The highest BCUT2D eigenvalue weighted by Gasteiger charge is 2.32. The van der Waals surface area contributed by atoms with Crippen LogP contribution in [0.15, 0.2) is 24.3 Å². The third-order valence-electron chi connectivity index (χ3n) is 2.58. The molecule has 0 bridgehead atoms. The standard InChI is InChI=1S/C14H20F3NO2/c1-4-11(9-18-10(2)3)19-12-7-5-6-8-13(12)20-14(15,16)17/h5-8,10-11,18H,4,9H2,1-3H3. The molecule has 0 heterocycles. The van der Waals surface area contributed by atoms with Gasteiger partial charge in [-0.3, -0.25) is 0 Å². The summed E-state index contributed by atoms with van der Waals surface area (Å²) in [6.45, 7) is 6.47. The van der Waals surface area contributed by atoms with Crippen LogP contribution in [0.5, 0.6) is 11.5 Å². The highest BCUT2D eigenvalue weighted by Crippen LogP contribution is 2.32. The molecule has 0 aliphatic carbocycles. The van der Waals surface area contributed by atoms with Crippen LogP contribution in [0.2, 0.25) is 0 Å². The molecule has 1 rings (SSSR count). The lowest BCUT2D eigenvalue weighted by molar-refractivity contribution is -0.275. The fourth-order valence-corrected chi connectivity index (χ4v) is 1.57. The number of halogens is 3. The number of hydrogen-bond donors (Lipinski definition) is 1. The number of rotatable bonds is 7. The van der Waals surface area contributed by atoms with E-state index in [2.05, 4.69) is 10.1 Å². The molecule has 1 unspecified atom stereocenters. The second-order valence-electron chi connectivity index (χ2n) is 4.71. The third-order valence-corrected chi connectivity index (χ3v) is 2.58. The van der Waals surface area contributed by atoms with Gasteiger partial charge in [-0.2, -0.15) is 0 Å². The minimum absolute atomic E-state index is 0.0993. The number of alkyl halides is 3. The molecule has 0 radical (unpaired) electrons. The summed E-state index contributed by atoms with van der Waals surface area (Å²) < 4.78 is 46.5. The van der Waals surface area contributed by atoms with E-state index in [9.17, 15) is 13.2 Å². The summed E-state index contributed by atoms with van der Waals surface area (Å²) in [5, 5.41) is 3.20. The molecule has 1 aromatic rings. The van der Waals surface area contributed by atoms with Crippen LogP contribution in [0.1, 0.15) is 27.2 Å². The van der Waals surface area contributed by atoms with Gasteiger partial charge in [0.1, 0.15) is 6.10 Å². The zero-order valence-corrected chi connectivity index (χ0v) is 11.8. The highest BCUT2D eigenvalue weighted by atomic mass is 19.4. The van der Waals surface area contributed by atoms with Crippen LogP contribution in [0.4, 0.5) is 13.2 Å². The van der Waals surface area contributed by atoms with Gasteiger partial charge in [0.2, 0.25) is 0 Å². The van der Waals surface area contributed by atoms with Gasteiger partial charge in [0.05, 0.1) is 0 Å². The fraction of sp³-hybridized carbons (Fsp3) is 0.571. The van der Waals surface area contributed by atoms with Crippen molar-refractivity contribution in [1.82, 2.24) is 5.32 Å². The Labute approximate surface area is 117 Å². The molecule has 6 heteroatoms. The Balaban J connectivity index is 2.74. The average molecular weight is 291 g/mol. The van der Waals surface area contributed by atoms with Crippen LogP contribution in [0.3, 0.4) is 0 Å². The molecule has 0 saturated heterocycles. The summed E-state index contributed by atoms with van der Waals surface area (Å²) in [5.41, 5.74) is 0. The van der Waals surface area contributed by atoms with Gasteiger partial charge in [0.25, 0.3) is 0 Å². The summed E-state index contributed by atoms with van der Waals surface area (Å²) in [7, 11) is 0. The zero-order valence-electron chi connectivity index (χ0n) is 11.8. The van der Waals surface area contributed by atoms with Gasteiger partial charge in [0.15, 0.2) is 11.5 Å². The smallest absolute Gasteiger partial charge is 0.485 e. The lowest BCUT2D eigenvalue weighted by Gasteiger charge is -2.21. The lowest BCUT2D eigenvalue weighted by Crippen LogP contribution is -2.35. The summed E-state index contributed by atoms with van der Waals surface area (Å²) in [6, 6.07) is 6.08. The average Bonchev–Trinajstić information content (AvgIpc) is 2.34. The molecule has 1 N–H and O–H groups in total. The van der Waals surface area contributed by atoms with E-state index in [1.807, 2.05) is 20.8 Å². The molecule has 0 fully saturated rings. The van der Waals surface area contributed by atoms with Gasteiger partial charge in [-0.05, 0) is 18.6 Å². The molecule has 20 heavy (non-hydrogen) atoms. The van der Waals surface area contributed by atoms with E-state index in [0.29, 0.717) is 13.0 Å². The van der Waals surface area contributed by atoms with Crippen molar-refractivity contribution in [3.63, 3.8) is 0 Å². The van der Waals surface area contributed by atoms with Crippen molar-refractivity contribution in [1.29, 1.82) is 0 Å². The molecule has 114 valence electrons. The van der Waals surface area contributed by atoms with Crippen LogP contribution in [-0.2, 0) is 0 Å². The van der Waals surface area contributed by atoms with Gasteiger partial charge in [-0.1, -0.05) is 32.9 Å². The molecular formula is C14H20F3NO2. The Hall–Kier alpha value is -1.43. The normalized spacial score (nSPS) is 13.3. The van der Waals surface area contributed by atoms with E-state index in [-0.39, 0.29) is 23.6 Å². The van der Waals surface area contributed by atoms with E-state index < -0.39 is 6.36 Å². The molecular weight excluding hydrogens is 271 g/mol. The van der Waals surface area contributed by atoms with E-state index >= 15 is 0 Å². The molecule has 0 amide bonds. The number of hydrogen-bond acceptors (Lipinski definition) is 3. The molecule has 1 atom stereocenters. The largest absolute Gasteiger partial charge is 0.573 e. The molecule has 0 aliphatic heterocycles. The monoisotopic (exact) mass is 291 g/mol. The van der Waals surface area contributed by atoms with Crippen LogP contribution < -0.4 is 14.8 Å². The summed E-state index contributed by atoms with van der Waals surface area (Å²) in [5.74, 6) is -0.217. The first kappa shape index (κ1) is 16.6. The zero-order chi connectivity index (χ0) is 15.2. The van der Waals surface area contributed by atoms with Crippen molar-refractivity contribution in [3.8, 4) is 11.5 Å². The molecule has 0 spiro atoms. The second kappa shape index (κ2) is 7.38. The van der Waals surface area contributed by atoms with E-state index in [1.54, 1.807) is 6.07 Å². The van der Waals surface area contributed by atoms with Gasteiger partial charge < -0.3 is 14.8 Å². The first-order chi connectivity index (χ1) is 9.31. The number of para-hydroxylation sites is 2. The minimum atomic E-state index is -4.72. The first-order valence-corrected chi connectivity index (χ1v) is 6.56. The van der Waals surface area contributed by atoms with E-state index in [4.69, 9.17) is 4.74 Å². The molecule has 3 nitrogen and oxygen atoms in total. The Morgan fingerprint density at radius 2 is 1.75 bits per heavy atom. The SMILES string of the molecule is CCC(CNC(C)C)Oc1ccccc1OC(F)(F)F. The van der Waals surface area contributed by atoms with Gasteiger partial charge in [-0.25, -0.2) is 0 Å². The number of benzene rings is 1. The van der Waals surface area contributed by atoms with Crippen LogP contribution >= 0.6 is 0 Å². The summed E-state index contributed by atoms with van der Waals surface area (Å²) >= 11 is 0. The van der Waals surface area contributed by atoms with Crippen molar-refractivity contribution >= 4 is 0 Å². The Morgan fingerprint density at radius 1 is 1.15 bits per heavy atom. The highest BCUT2D eigenvalue weighted by molar-refractivity contribution is 5.39. The second-order valence-corrected chi connectivity index (χ2v) is 4.71. The van der Waals surface area contributed by atoms with Gasteiger partial charge in [-0.15, -0.1) is 13.2 Å². The van der Waals surface area contributed by atoms with Crippen molar-refractivity contribution in [3.05, 3.63) is 24.3 Å². The van der Waals surface area contributed by atoms with Crippen LogP contribution in [0, 0.1) is 0 Å². The molecule has 0 aliphatic rings. The summed E-state index contributed by atoms with van der Waals surface area (Å²) in [4.78, 5) is 0. The van der Waals surface area contributed by atoms with E-state index in [0.717, 1.165) is 0 Å². The molecule has 1 aromatic carbocycles. The molecule has 0 saturated carbocycles.